The summed E-state index contributed by atoms with van der Waals surface area (Å²) in [6.45, 7) is 12.6. The molecule has 0 radical (unpaired) electrons. The van der Waals surface area contributed by atoms with E-state index in [0.717, 1.165) is 0 Å². The first-order chi connectivity index (χ1) is 15.8. The van der Waals surface area contributed by atoms with E-state index < -0.39 is 44.1 Å². The number of aromatic nitrogens is 5. The molecule has 1 fully saturated rings. The lowest BCUT2D eigenvalue weighted by Crippen LogP contribution is -2.36. The van der Waals surface area contributed by atoms with Crippen LogP contribution in [0.4, 0.5) is 0 Å². The number of ether oxygens (including phenoxy) is 1. The average molecular weight is 478 g/mol. The number of nitrogens with zero attached hydrogens (tertiary/aromatic N) is 5. The zero-order valence-electron chi connectivity index (χ0n) is 18.7. The van der Waals surface area contributed by atoms with Gasteiger partial charge in [0.25, 0.3) is 5.56 Å². The van der Waals surface area contributed by atoms with Crippen molar-refractivity contribution in [1.29, 1.82) is 0 Å². The number of hydrogen-bond donors (Lipinski definition) is 1. The molecule has 1 N–H and O–H groups in total. The Labute approximate surface area is 191 Å². The van der Waals surface area contributed by atoms with Crippen molar-refractivity contribution in [3.05, 3.63) is 56.4 Å². The Morgan fingerprint density at radius 3 is 2.88 bits per heavy atom. The topological polar surface area (TPSA) is 135 Å². The van der Waals surface area contributed by atoms with Crippen LogP contribution >= 0.6 is 8.38 Å². The number of ketones is 1. The van der Waals surface area contributed by atoms with Crippen molar-refractivity contribution >= 4 is 14.2 Å². The van der Waals surface area contributed by atoms with Gasteiger partial charge in [0.05, 0.1) is 11.8 Å². The summed E-state index contributed by atoms with van der Waals surface area (Å²) < 4.78 is 21.0. The van der Waals surface area contributed by atoms with Gasteiger partial charge in [0, 0.05) is 31.5 Å². The number of rotatable bonds is 11. The van der Waals surface area contributed by atoms with Crippen molar-refractivity contribution in [2.45, 2.75) is 57.6 Å². The van der Waals surface area contributed by atoms with Crippen molar-refractivity contribution in [3.8, 4) is 0 Å². The van der Waals surface area contributed by atoms with Crippen molar-refractivity contribution in [2.24, 2.45) is 0 Å². The first kappa shape index (κ1) is 24.9. The minimum atomic E-state index is -1.34. The van der Waals surface area contributed by atoms with E-state index >= 15 is 0 Å². The standard InChI is InChI=1S/C20H27N6O6P/c1-5-15-18(32-33(4)30-11-9-21-3)17(26-12-14(23-24-26)7-6-13(2)27)19(31-15)25-10-8-16(28)22-20(25)29/h8,10,12,15,17-19H,5-7,9,11H2,1-2,4H3,(H,22,28,29)/t15-,17+,18?,19-,33?/m1/s1. The minimum Gasteiger partial charge on any atom is -0.349 e. The quantitative estimate of drug-likeness (QED) is 0.291. The molecule has 1 aliphatic rings. The summed E-state index contributed by atoms with van der Waals surface area (Å²) in [5.74, 6) is 0.0480. The highest BCUT2D eigenvalue weighted by molar-refractivity contribution is 7.46. The molecular formula is C20H27N6O6P. The third-order valence-corrected chi connectivity index (χ3v) is 6.27. The van der Waals surface area contributed by atoms with Crippen LogP contribution in [0.3, 0.4) is 0 Å². The van der Waals surface area contributed by atoms with Crippen LogP contribution in [0.5, 0.6) is 0 Å². The predicted octanol–water partition coefficient (Wildman–Crippen LogP) is 1.46. The van der Waals surface area contributed by atoms with Gasteiger partial charge in [0.1, 0.15) is 24.5 Å². The molecule has 33 heavy (non-hydrogen) atoms. The second kappa shape index (κ2) is 11.4. The Balaban J connectivity index is 1.95. The van der Waals surface area contributed by atoms with Crippen LogP contribution < -0.4 is 11.2 Å². The van der Waals surface area contributed by atoms with Gasteiger partial charge in [-0.25, -0.2) is 16.0 Å². The molecule has 1 saturated heterocycles. The van der Waals surface area contributed by atoms with Gasteiger partial charge < -0.3 is 23.4 Å². The molecule has 13 heteroatoms. The van der Waals surface area contributed by atoms with E-state index in [0.29, 0.717) is 25.0 Å². The number of Topliss-reactive ketones (excluding diaryl/α,β-unsaturated/α-hetero) is 1. The fraction of sp³-hybridized carbons (Fsp3) is 0.600. The molecule has 12 nitrogen and oxygen atoms in total. The fourth-order valence-corrected chi connectivity index (χ4v) is 4.61. The van der Waals surface area contributed by atoms with Crippen LogP contribution in [-0.4, -0.2) is 62.4 Å². The van der Waals surface area contributed by atoms with Gasteiger partial charge in [-0.05, 0) is 19.8 Å². The molecule has 2 aromatic heterocycles. The Morgan fingerprint density at radius 2 is 2.21 bits per heavy atom. The van der Waals surface area contributed by atoms with Crippen LogP contribution in [-0.2, 0) is 25.0 Å². The predicted molar refractivity (Wildman–Crippen MR) is 119 cm³/mol. The van der Waals surface area contributed by atoms with Gasteiger partial charge in [0.15, 0.2) is 14.6 Å². The monoisotopic (exact) mass is 478 g/mol. The second-order valence-electron chi connectivity index (χ2n) is 7.60. The lowest BCUT2D eigenvalue weighted by molar-refractivity contribution is -0.117. The molecule has 178 valence electrons. The molecule has 5 atom stereocenters. The Bertz CT molecular complexity index is 1110. The zero-order chi connectivity index (χ0) is 24.0. The molecule has 1 aliphatic heterocycles. The van der Waals surface area contributed by atoms with E-state index in [9.17, 15) is 14.4 Å². The molecule has 2 aromatic rings. The molecule has 0 amide bonds. The van der Waals surface area contributed by atoms with E-state index in [4.69, 9.17) is 20.4 Å². The zero-order valence-corrected chi connectivity index (χ0v) is 19.6. The Hall–Kier alpha value is -2.71. The van der Waals surface area contributed by atoms with E-state index in [2.05, 4.69) is 20.1 Å². The van der Waals surface area contributed by atoms with Gasteiger partial charge in [-0.1, -0.05) is 12.1 Å². The van der Waals surface area contributed by atoms with Gasteiger partial charge in [0.2, 0.25) is 6.54 Å². The molecule has 0 aliphatic carbocycles. The van der Waals surface area contributed by atoms with Crippen LogP contribution in [0, 0.1) is 6.57 Å². The van der Waals surface area contributed by atoms with Crippen LogP contribution in [0.1, 0.15) is 44.7 Å². The SMILES string of the molecule is [C-]#[N+]CCOP(C)OC1[C@@H](CC)O[C@@H](n2ccc(=O)[nH]c2=O)[C@H]1n1cc(CCC(C)=O)nn1. The number of H-pyrrole nitrogens is 1. The lowest BCUT2D eigenvalue weighted by Gasteiger charge is -2.26. The highest BCUT2D eigenvalue weighted by Crippen LogP contribution is 2.47. The Morgan fingerprint density at radius 1 is 1.42 bits per heavy atom. The van der Waals surface area contributed by atoms with E-state index in [-0.39, 0.29) is 18.9 Å². The maximum Gasteiger partial charge on any atom is 0.330 e. The summed E-state index contributed by atoms with van der Waals surface area (Å²) in [6, 6.07) is 0.656. The number of nitrogens with one attached hydrogen (secondary N) is 1. The maximum atomic E-state index is 12.5. The summed E-state index contributed by atoms with van der Waals surface area (Å²) >= 11 is 0. The lowest BCUT2D eigenvalue weighted by atomic mass is 10.1. The average Bonchev–Trinajstić information content (AvgIpc) is 3.36. The van der Waals surface area contributed by atoms with Crippen molar-refractivity contribution in [3.63, 3.8) is 0 Å². The fourth-order valence-electron chi connectivity index (χ4n) is 3.61. The number of hydrogen-bond acceptors (Lipinski definition) is 8. The summed E-state index contributed by atoms with van der Waals surface area (Å²) in [5, 5.41) is 8.40. The van der Waals surface area contributed by atoms with Crippen LogP contribution in [0.15, 0.2) is 28.0 Å². The van der Waals surface area contributed by atoms with Gasteiger partial charge in [-0.3, -0.25) is 14.3 Å². The van der Waals surface area contributed by atoms with Crippen LogP contribution in [0.2, 0.25) is 0 Å². The third-order valence-electron chi connectivity index (χ3n) is 5.18. The maximum absolute atomic E-state index is 12.5. The van der Waals surface area contributed by atoms with E-state index in [1.165, 1.54) is 23.8 Å². The number of aromatic amines is 1. The molecule has 2 unspecified atom stereocenters. The number of carbonyl (C=O) groups excluding carboxylic acids is 1. The van der Waals surface area contributed by atoms with Gasteiger partial charge >= 0.3 is 5.69 Å². The minimum absolute atomic E-state index is 0.0480. The Kier molecular flexibility index (Phi) is 8.63. The molecule has 0 spiro atoms. The largest absolute Gasteiger partial charge is 0.349 e. The normalized spacial score (nSPS) is 23.3. The first-order valence-electron chi connectivity index (χ1n) is 10.6. The van der Waals surface area contributed by atoms with Crippen molar-refractivity contribution in [1.82, 2.24) is 24.5 Å². The molecule has 3 rings (SSSR count). The number of aryl methyl sites for hydroxylation is 1. The number of carbonyl (C=O) groups is 1. The van der Waals surface area contributed by atoms with Gasteiger partial charge in [-0.2, -0.15) is 0 Å². The van der Waals surface area contributed by atoms with E-state index in [1.807, 2.05) is 6.92 Å². The summed E-state index contributed by atoms with van der Waals surface area (Å²) in [7, 11) is -1.34. The van der Waals surface area contributed by atoms with Crippen LogP contribution in [0.25, 0.3) is 4.85 Å². The third kappa shape index (κ3) is 6.21. The summed E-state index contributed by atoms with van der Waals surface area (Å²) in [5.41, 5.74) is -0.497. The van der Waals surface area contributed by atoms with Gasteiger partial charge in [-0.15, -0.1) is 5.10 Å². The summed E-state index contributed by atoms with van der Waals surface area (Å²) in [4.78, 5) is 41.0. The molecule has 3 heterocycles. The second-order valence-corrected chi connectivity index (χ2v) is 8.95. The summed E-state index contributed by atoms with van der Waals surface area (Å²) in [6.07, 6.45) is 2.72. The molecule has 0 saturated carbocycles. The molecule has 0 bridgehead atoms. The first-order valence-corrected chi connectivity index (χ1v) is 12.2. The highest BCUT2D eigenvalue weighted by atomic mass is 31.2. The van der Waals surface area contributed by atoms with Crippen molar-refractivity contribution in [2.75, 3.05) is 19.8 Å². The smallest absolute Gasteiger partial charge is 0.330 e. The highest BCUT2D eigenvalue weighted by Gasteiger charge is 2.48. The molecular weight excluding hydrogens is 451 g/mol. The van der Waals surface area contributed by atoms with Crippen molar-refractivity contribution < 1.29 is 18.6 Å². The molecule has 0 aromatic carbocycles. The van der Waals surface area contributed by atoms with E-state index in [1.54, 1.807) is 17.5 Å².